The summed E-state index contributed by atoms with van der Waals surface area (Å²) in [4.78, 5) is 39.9. The number of carbonyl (C=O) groups excluding carboxylic acids is 2. The van der Waals surface area contributed by atoms with Crippen LogP contribution in [0.3, 0.4) is 0 Å². The van der Waals surface area contributed by atoms with E-state index in [0.717, 1.165) is 5.56 Å². The van der Waals surface area contributed by atoms with Gasteiger partial charge in [0.1, 0.15) is 6.04 Å². The van der Waals surface area contributed by atoms with Gasteiger partial charge in [0, 0.05) is 24.0 Å². The molecule has 0 radical (unpaired) electrons. The summed E-state index contributed by atoms with van der Waals surface area (Å²) in [5, 5.41) is 12.3. The molecule has 0 saturated heterocycles. The predicted molar refractivity (Wildman–Crippen MR) is 133 cm³/mol. The van der Waals surface area contributed by atoms with Gasteiger partial charge in [0.25, 0.3) is 0 Å². The molecule has 1 aromatic rings. The minimum atomic E-state index is -1.01. The molecule has 0 aromatic heterocycles. The number of nitrogens with zero attached hydrogens (tertiary/aromatic N) is 1. The van der Waals surface area contributed by atoms with Gasteiger partial charge in [-0.2, -0.15) is 0 Å². The van der Waals surface area contributed by atoms with Gasteiger partial charge in [0.2, 0.25) is 11.8 Å². The number of hydrogen-bond donors (Lipinski definition) is 2. The fourth-order valence-electron chi connectivity index (χ4n) is 4.21. The summed E-state index contributed by atoms with van der Waals surface area (Å²) < 4.78 is 0. The lowest BCUT2D eigenvalue weighted by atomic mass is 9.71. The van der Waals surface area contributed by atoms with Crippen LogP contribution in [0.15, 0.2) is 42.0 Å². The molecule has 0 bridgehead atoms. The monoisotopic (exact) mass is 458 g/mol. The average molecular weight is 459 g/mol. The number of nitrogens with one attached hydrogen (secondary N) is 1. The van der Waals surface area contributed by atoms with Crippen LogP contribution in [0.1, 0.15) is 73.8 Å². The number of amides is 2. The highest BCUT2D eigenvalue weighted by Crippen LogP contribution is 2.34. The van der Waals surface area contributed by atoms with E-state index in [1.54, 1.807) is 18.0 Å². The van der Waals surface area contributed by atoms with Gasteiger partial charge in [0.05, 0.1) is 6.04 Å². The van der Waals surface area contributed by atoms with Crippen LogP contribution in [0.2, 0.25) is 0 Å². The second-order valence-electron chi connectivity index (χ2n) is 10.4. The summed E-state index contributed by atoms with van der Waals surface area (Å²) in [5.41, 5.74) is 0.321. The second-order valence-corrected chi connectivity index (χ2v) is 10.4. The molecule has 2 amide bonds. The molecule has 6 nitrogen and oxygen atoms in total. The van der Waals surface area contributed by atoms with E-state index in [4.69, 9.17) is 0 Å². The van der Waals surface area contributed by atoms with E-state index in [0.29, 0.717) is 12.8 Å². The first-order valence-corrected chi connectivity index (χ1v) is 11.7. The van der Waals surface area contributed by atoms with Crippen molar-refractivity contribution in [1.29, 1.82) is 0 Å². The van der Waals surface area contributed by atoms with Crippen molar-refractivity contribution in [3.8, 4) is 0 Å². The lowest BCUT2D eigenvalue weighted by Gasteiger charge is -2.39. The van der Waals surface area contributed by atoms with Crippen LogP contribution in [0.5, 0.6) is 0 Å². The average Bonchev–Trinajstić information content (AvgIpc) is 2.74. The van der Waals surface area contributed by atoms with Crippen LogP contribution in [-0.2, 0) is 19.8 Å². The van der Waals surface area contributed by atoms with Crippen molar-refractivity contribution in [1.82, 2.24) is 10.2 Å². The lowest BCUT2D eigenvalue weighted by Crippen LogP contribution is -2.57. The van der Waals surface area contributed by atoms with E-state index < -0.39 is 22.8 Å². The smallest absolute Gasteiger partial charge is 0.331 e. The van der Waals surface area contributed by atoms with Gasteiger partial charge in [-0.1, -0.05) is 84.9 Å². The van der Waals surface area contributed by atoms with Crippen molar-refractivity contribution in [2.45, 2.75) is 85.7 Å². The Kier molecular flexibility index (Phi) is 9.88. The zero-order valence-electron chi connectivity index (χ0n) is 21.7. The molecule has 6 heteroatoms. The molecule has 3 atom stereocenters. The molecule has 1 aromatic carbocycles. The predicted octanol–water partition coefficient (Wildman–Crippen LogP) is 4.79. The van der Waals surface area contributed by atoms with Gasteiger partial charge in [-0.3, -0.25) is 9.59 Å². The van der Waals surface area contributed by atoms with Gasteiger partial charge in [-0.15, -0.1) is 0 Å². The Balaban J connectivity index is 3.23. The zero-order chi connectivity index (χ0) is 25.6. The molecule has 1 rings (SSSR count). The molecule has 0 aliphatic carbocycles. The number of benzene rings is 1. The third-order valence-electron chi connectivity index (χ3n) is 6.56. The highest BCUT2D eigenvalue weighted by Gasteiger charge is 2.41. The van der Waals surface area contributed by atoms with E-state index >= 15 is 0 Å². The summed E-state index contributed by atoms with van der Waals surface area (Å²) in [7, 11) is 1.66. The summed E-state index contributed by atoms with van der Waals surface area (Å²) >= 11 is 0. The van der Waals surface area contributed by atoms with Crippen molar-refractivity contribution < 1.29 is 19.5 Å². The van der Waals surface area contributed by atoms with E-state index in [1.807, 2.05) is 65.0 Å². The Hall–Kier alpha value is -2.63. The van der Waals surface area contributed by atoms with E-state index in [9.17, 15) is 19.5 Å². The molecule has 0 saturated carbocycles. The van der Waals surface area contributed by atoms with Crippen LogP contribution in [0.25, 0.3) is 0 Å². The zero-order valence-corrected chi connectivity index (χ0v) is 21.7. The van der Waals surface area contributed by atoms with Crippen LogP contribution in [0.4, 0.5) is 0 Å². The molecule has 0 aliphatic rings. The summed E-state index contributed by atoms with van der Waals surface area (Å²) in [6, 6.07) is 8.82. The molecule has 2 N–H and O–H groups in total. The molecule has 0 spiro atoms. The maximum Gasteiger partial charge on any atom is 0.331 e. The Morgan fingerprint density at radius 1 is 1.03 bits per heavy atom. The molecular weight excluding hydrogens is 416 g/mol. The molecule has 0 fully saturated rings. The van der Waals surface area contributed by atoms with Crippen molar-refractivity contribution in [2.24, 2.45) is 11.3 Å². The molecule has 0 unspecified atom stereocenters. The number of hydrogen-bond acceptors (Lipinski definition) is 3. The summed E-state index contributed by atoms with van der Waals surface area (Å²) in [6.45, 7) is 15.3. The fourth-order valence-corrected chi connectivity index (χ4v) is 4.21. The quantitative estimate of drug-likeness (QED) is 0.494. The topological polar surface area (TPSA) is 86.7 Å². The number of carbonyl (C=O) groups is 3. The fraction of sp³-hybridized carbons (Fsp3) is 0.593. The lowest BCUT2D eigenvalue weighted by molar-refractivity contribution is -0.141. The van der Waals surface area contributed by atoms with Crippen LogP contribution >= 0.6 is 0 Å². The van der Waals surface area contributed by atoms with E-state index in [1.165, 1.54) is 6.92 Å². The Morgan fingerprint density at radius 2 is 1.58 bits per heavy atom. The normalized spacial score (nSPS) is 15.4. The number of carboxylic acids is 1. The Labute approximate surface area is 199 Å². The van der Waals surface area contributed by atoms with Gasteiger partial charge < -0.3 is 15.3 Å². The van der Waals surface area contributed by atoms with Gasteiger partial charge in [-0.25, -0.2) is 4.79 Å². The maximum atomic E-state index is 13.5. The first-order chi connectivity index (χ1) is 15.2. The third kappa shape index (κ3) is 7.18. The van der Waals surface area contributed by atoms with Crippen molar-refractivity contribution in [2.75, 3.05) is 7.05 Å². The number of rotatable bonds is 10. The maximum absolute atomic E-state index is 13.5. The van der Waals surface area contributed by atoms with Crippen molar-refractivity contribution >= 4 is 17.8 Å². The number of likely N-dealkylation sites (N-methyl/N-ethyl adjacent to an activating group) is 1. The second kappa shape index (κ2) is 11.5. The molecule has 184 valence electrons. The van der Waals surface area contributed by atoms with Gasteiger partial charge >= 0.3 is 5.97 Å². The minimum absolute atomic E-state index is 0.154. The van der Waals surface area contributed by atoms with E-state index in [2.05, 4.69) is 19.2 Å². The van der Waals surface area contributed by atoms with Gasteiger partial charge in [0.15, 0.2) is 0 Å². The van der Waals surface area contributed by atoms with Crippen LogP contribution in [-0.4, -0.2) is 46.9 Å². The Bertz CT molecular complexity index is 853. The summed E-state index contributed by atoms with van der Waals surface area (Å²) in [5.74, 6) is -1.72. The highest BCUT2D eigenvalue weighted by atomic mass is 16.4. The SMILES string of the molecule is CC[C@@H](/C=C(\C)C(=O)O)N(C)C(=O)[C@@H](NC(=O)[C@@H](CC)C(C)(C)c1ccccc1)C(C)(C)C. The molecular formula is C27H42N2O4. The number of aliphatic carboxylic acids is 1. The van der Waals surface area contributed by atoms with Gasteiger partial charge in [-0.05, 0) is 30.7 Å². The third-order valence-corrected chi connectivity index (χ3v) is 6.56. The first-order valence-electron chi connectivity index (χ1n) is 11.7. The van der Waals surface area contributed by atoms with E-state index in [-0.39, 0.29) is 29.3 Å². The van der Waals surface area contributed by atoms with Crippen LogP contribution in [0, 0.1) is 11.3 Å². The number of carboxylic acid groups (broad SMARTS) is 1. The summed E-state index contributed by atoms with van der Waals surface area (Å²) in [6.07, 6.45) is 2.79. The van der Waals surface area contributed by atoms with Crippen molar-refractivity contribution in [3.05, 3.63) is 47.5 Å². The first kappa shape index (κ1) is 28.4. The standard InChI is InChI=1S/C27H42N2O4/c1-10-20(17-18(3)25(32)33)29(9)24(31)22(26(4,5)6)28-23(30)21(11-2)27(7,8)19-15-13-12-14-16-19/h12-17,20-22H,10-11H2,1-9H3,(H,28,30)(H,32,33)/b18-17+/t20-,21+,22+/m0/s1. The molecule has 33 heavy (non-hydrogen) atoms. The highest BCUT2D eigenvalue weighted by molar-refractivity contribution is 5.90. The van der Waals surface area contributed by atoms with Crippen LogP contribution < -0.4 is 5.32 Å². The van der Waals surface area contributed by atoms with Crippen molar-refractivity contribution in [3.63, 3.8) is 0 Å². The largest absolute Gasteiger partial charge is 0.478 e. The minimum Gasteiger partial charge on any atom is -0.478 e. The Morgan fingerprint density at radius 3 is 2.00 bits per heavy atom. The molecule has 0 heterocycles. The molecule has 0 aliphatic heterocycles.